The summed E-state index contributed by atoms with van der Waals surface area (Å²) in [4.78, 5) is 0. The van der Waals surface area contributed by atoms with Gasteiger partial charge in [-0.15, -0.1) is 0 Å². The van der Waals surface area contributed by atoms with Gasteiger partial charge < -0.3 is 10.5 Å². The van der Waals surface area contributed by atoms with E-state index in [0.29, 0.717) is 11.4 Å². The second-order valence-corrected chi connectivity index (χ2v) is 4.20. The van der Waals surface area contributed by atoms with Gasteiger partial charge in [0, 0.05) is 12.1 Å². The third-order valence-corrected chi connectivity index (χ3v) is 2.92. The summed E-state index contributed by atoms with van der Waals surface area (Å²) in [6.45, 7) is 0.183. The topological polar surface area (TPSA) is 53.1 Å². The van der Waals surface area contributed by atoms with Crippen molar-refractivity contribution in [3.8, 4) is 5.88 Å². The molecule has 0 radical (unpaired) electrons. The zero-order valence-corrected chi connectivity index (χ0v) is 10.8. The molecule has 4 nitrogen and oxygen atoms in total. The lowest BCUT2D eigenvalue weighted by molar-refractivity contribution is -0.138. The van der Waals surface area contributed by atoms with Crippen LogP contribution in [0.3, 0.4) is 0 Å². The molecule has 0 spiro atoms. The maximum atomic E-state index is 12.9. The molecular formula is C13H14F3N3O. The minimum atomic E-state index is -4.40. The fourth-order valence-corrected chi connectivity index (χ4v) is 2.00. The highest BCUT2D eigenvalue weighted by Gasteiger charge is 2.33. The molecule has 1 heterocycles. The minimum Gasteiger partial charge on any atom is -0.481 e. The quantitative estimate of drug-likeness (QED) is 0.938. The fraction of sp³-hybridized carbons (Fsp3) is 0.308. The van der Waals surface area contributed by atoms with Crippen molar-refractivity contribution in [2.45, 2.75) is 19.3 Å². The Balaban J connectivity index is 2.38. The lowest BCUT2D eigenvalue weighted by Crippen LogP contribution is -2.13. The second-order valence-electron chi connectivity index (χ2n) is 4.20. The van der Waals surface area contributed by atoms with Crippen molar-refractivity contribution in [1.82, 2.24) is 9.78 Å². The van der Waals surface area contributed by atoms with Gasteiger partial charge in [-0.25, -0.2) is 4.68 Å². The summed E-state index contributed by atoms with van der Waals surface area (Å²) < 4.78 is 45.3. The number of halogens is 3. The lowest BCUT2D eigenvalue weighted by Gasteiger charge is -2.14. The predicted molar refractivity (Wildman–Crippen MR) is 67.2 cm³/mol. The summed E-state index contributed by atoms with van der Waals surface area (Å²) in [6, 6.07) is 5.39. The van der Waals surface area contributed by atoms with E-state index >= 15 is 0 Å². The van der Waals surface area contributed by atoms with Crippen LogP contribution in [0.5, 0.6) is 5.88 Å². The number of methoxy groups -OCH3 is 1. The number of benzene rings is 1. The molecule has 0 unspecified atom stereocenters. The molecule has 0 amide bonds. The zero-order chi connectivity index (χ0) is 14.8. The van der Waals surface area contributed by atoms with Crippen LogP contribution in [0.2, 0.25) is 0 Å². The standard InChI is InChI=1S/C13H14F3N3O/c1-20-12-10(6-17)7-18-19(12)8-9-4-2-3-5-11(9)13(14,15)16/h2-5,7H,6,8,17H2,1H3. The van der Waals surface area contributed by atoms with Gasteiger partial charge in [-0.2, -0.15) is 18.3 Å². The van der Waals surface area contributed by atoms with Crippen molar-refractivity contribution in [3.05, 3.63) is 47.2 Å². The van der Waals surface area contributed by atoms with Gasteiger partial charge in [-0.3, -0.25) is 0 Å². The first-order valence-corrected chi connectivity index (χ1v) is 5.91. The monoisotopic (exact) mass is 285 g/mol. The summed E-state index contributed by atoms with van der Waals surface area (Å²) >= 11 is 0. The molecule has 108 valence electrons. The number of nitrogens with zero attached hydrogens (tertiary/aromatic N) is 2. The van der Waals surface area contributed by atoms with Gasteiger partial charge in [0.15, 0.2) is 0 Å². The van der Waals surface area contributed by atoms with E-state index in [4.69, 9.17) is 10.5 Å². The van der Waals surface area contributed by atoms with Crippen LogP contribution in [0.15, 0.2) is 30.5 Å². The van der Waals surface area contributed by atoms with Gasteiger partial charge in [0.2, 0.25) is 5.88 Å². The van der Waals surface area contributed by atoms with Crippen molar-refractivity contribution in [3.63, 3.8) is 0 Å². The molecule has 0 aliphatic rings. The highest BCUT2D eigenvalue weighted by atomic mass is 19.4. The van der Waals surface area contributed by atoms with Gasteiger partial charge >= 0.3 is 6.18 Å². The van der Waals surface area contributed by atoms with Crippen molar-refractivity contribution < 1.29 is 17.9 Å². The summed E-state index contributed by atoms with van der Waals surface area (Å²) in [5, 5.41) is 4.02. The van der Waals surface area contributed by atoms with Gasteiger partial charge in [0.05, 0.1) is 25.4 Å². The van der Waals surface area contributed by atoms with E-state index in [1.54, 1.807) is 6.07 Å². The van der Waals surface area contributed by atoms with Crippen LogP contribution in [0.25, 0.3) is 0 Å². The first kappa shape index (κ1) is 14.4. The van der Waals surface area contributed by atoms with Crippen molar-refractivity contribution in [2.75, 3.05) is 7.11 Å². The van der Waals surface area contributed by atoms with E-state index in [0.717, 1.165) is 6.07 Å². The van der Waals surface area contributed by atoms with E-state index in [2.05, 4.69) is 5.10 Å². The average molecular weight is 285 g/mol. The Hall–Kier alpha value is -2.02. The Morgan fingerprint density at radius 3 is 2.55 bits per heavy atom. The third kappa shape index (κ3) is 2.77. The summed E-state index contributed by atoms with van der Waals surface area (Å²) in [5.41, 5.74) is 5.62. The molecule has 1 aromatic carbocycles. The summed E-state index contributed by atoms with van der Waals surface area (Å²) in [5.74, 6) is 0.379. The number of alkyl halides is 3. The Bertz CT molecular complexity index is 593. The van der Waals surface area contributed by atoms with E-state index in [-0.39, 0.29) is 18.7 Å². The summed E-state index contributed by atoms with van der Waals surface area (Å²) in [6.07, 6.45) is -2.90. The number of hydrogen-bond acceptors (Lipinski definition) is 3. The second kappa shape index (κ2) is 5.54. The Labute approximate surface area is 114 Å². The van der Waals surface area contributed by atoms with E-state index in [9.17, 15) is 13.2 Å². The molecule has 20 heavy (non-hydrogen) atoms. The van der Waals surface area contributed by atoms with E-state index in [1.807, 2.05) is 0 Å². The largest absolute Gasteiger partial charge is 0.481 e. The molecule has 1 aromatic heterocycles. The van der Waals surface area contributed by atoms with Gasteiger partial charge in [0.25, 0.3) is 0 Å². The van der Waals surface area contributed by atoms with E-state index < -0.39 is 11.7 Å². The number of nitrogens with two attached hydrogens (primary N) is 1. The number of rotatable bonds is 4. The third-order valence-electron chi connectivity index (χ3n) is 2.92. The van der Waals surface area contributed by atoms with Gasteiger partial charge in [0.1, 0.15) is 0 Å². The van der Waals surface area contributed by atoms with Crippen molar-refractivity contribution >= 4 is 0 Å². The summed E-state index contributed by atoms with van der Waals surface area (Å²) in [7, 11) is 1.43. The average Bonchev–Trinajstić information content (AvgIpc) is 2.80. The molecule has 0 aliphatic carbocycles. The lowest BCUT2D eigenvalue weighted by atomic mass is 10.1. The van der Waals surface area contributed by atoms with Crippen molar-refractivity contribution in [1.29, 1.82) is 0 Å². The van der Waals surface area contributed by atoms with Crippen LogP contribution in [-0.2, 0) is 19.3 Å². The molecule has 7 heteroatoms. The Morgan fingerprint density at radius 2 is 1.95 bits per heavy atom. The van der Waals surface area contributed by atoms with E-state index in [1.165, 1.54) is 30.1 Å². The van der Waals surface area contributed by atoms with Crippen LogP contribution < -0.4 is 10.5 Å². The molecule has 0 atom stereocenters. The molecule has 0 fully saturated rings. The number of aromatic nitrogens is 2. The molecule has 0 saturated carbocycles. The maximum Gasteiger partial charge on any atom is 0.416 e. The molecule has 0 bridgehead atoms. The van der Waals surface area contributed by atoms with Crippen molar-refractivity contribution in [2.24, 2.45) is 5.73 Å². The van der Waals surface area contributed by atoms with Crippen LogP contribution in [0.4, 0.5) is 13.2 Å². The molecule has 0 aliphatic heterocycles. The zero-order valence-electron chi connectivity index (χ0n) is 10.8. The minimum absolute atomic E-state index is 0.0289. The first-order valence-electron chi connectivity index (χ1n) is 5.91. The maximum absolute atomic E-state index is 12.9. The highest BCUT2D eigenvalue weighted by molar-refractivity contribution is 5.31. The van der Waals surface area contributed by atoms with Gasteiger partial charge in [-0.05, 0) is 11.6 Å². The molecule has 2 rings (SSSR count). The molecule has 2 N–H and O–H groups in total. The fourth-order valence-electron chi connectivity index (χ4n) is 2.00. The SMILES string of the molecule is COc1c(CN)cnn1Cc1ccccc1C(F)(F)F. The first-order chi connectivity index (χ1) is 9.47. The van der Waals surface area contributed by atoms with Crippen LogP contribution in [0, 0.1) is 0 Å². The predicted octanol–water partition coefficient (Wildman–Crippen LogP) is 2.42. The Morgan fingerprint density at radius 1 is 1.25 bits per heavy atom. The van der Waals surface area contributed by atoms with Crippen LogP contribution in [0.1, 0.15) is 16.7 Å². The number of ether oxygens (including phenoxy) is 1. The number of hydrogen-bond donors (Lipinski definition) is 1. The normalized spacial score (nSPS) is 11.7. The molecular weight excluding hydrogens is 271 g/mol. The smallest absolute Gasteiger partial charge is 0.416 e. The Kier molecular flexibility index (Phi) is 3.99. The molecule has 2 aromatic rings. The molecule has 0 saturated heterocycles. The van der Waals surface area contributed by atoms with Crippen LogP contribution >= 0.6 is 0 Å². The van der Waals surface area contributed by atoms with Crippen LogP contribution in [-0.4, -0.2) is 16.9 Å². The highest BCUT2D eigenvalue weighted by Crippen LogP contribution is 2.32. The van der Waals surface area contributed by atoms with Gasteiger partial charge in [-0.1, -0.05) is 18.2 Å².